The number of aromatic amines is 1. The second-order valence-electron chi connectivity index (χ2n) is 7.67. The Bertz CT molecular complexity index is 1340. The van der Waals surface area contributed by atoms with Gasteiger partial charge in [0.2, 0.25) is 5.91 Å². The Hall–Kier alpha value is -3.11. The number of H-pyrrole nitrogens is 1. The molecule has 1 aliphatic carbocycles. The van der Waals surface area contributed by atoms with Crippen LogP contribution in [0.3, 0.4) is 0 Å². The summed E-state index contributed by atoms with van der Waals surface area (Å²) in [6.45, 7) is 1.44. The van der Waals surface area contributed by atoms with E-state index < -0.39 is 29.7 Å². The van der Waals surface area contributed by atoms with E-state index in [0.717, 1.165) is 0 Å². The van der Waals surface area contributed by atoms with Gasteiger partial charge >= 0.3 is 0 Å². The molecule has 3 unspecified atom stereocenters. The van der Waals surface area contributed by atoms with E-state index in [1.807, 2.05) is 0 Å². The Kier molecular flexibility index (Phi) is 4.63. The van der Waals surface area contributed by atoms with Crippen LogP contribution >= 0.6 is 11.6 Å². The van der Waals surface area contributed by atoms with Crippen LogP contribution in [0.4, 0.5) is 14.6 Å². The molecule has 1 fully saturated rings. The van der Waals surface area contributed by atoms with Crippen molar-refractivity contribution < 1.29 is 18.7 Å². The third-order valence-electron chi connectivity index (χ3n) is 5.49. The lowest BCUT2D eigenvalue weighted by atomic mass is 9.95. The summed E-state index contributed by atoms with van der Waals surface area (Å²) in [5, 5.41) is 19.3. The molecule has 11 heteroatoms. The summed E-state index contributed by atoms with van der Waals surface area (Å²) < 4.78 is 29.8. The van der Waals surface area contributed by atoms with Crippen LogP contribution in [0.5, 0.6) is 0 Å². The highest BCUT2D eigenvalue weighted by Crippen LogP contribution is 2.40. The summed E-state index contributed by atoms with van der Waals surface area (Å²) >= 11 is 6.39. The molecule has 0 radical (unpaired) electrons. The fraction of sp³-hybridized carbons (Fsp3) is 0.300. The van der Waals surface area contributed by atoms with Crippen molar-refractivity contribution in [3.05, 3.63) is 41.2 Å². The number of nitrogens with zero attached hydrogens (tertiary/aromatic N) is 4. The predicted molar refractivity (Wildman–Crippen MR) is 110 cm³/mol. The molecular weight excluding hydrogens is 430 g/mol. The zero-order valence-corrected chi connectivity index (χ0v) is 17.0. The van der Waals surface area contributed by atoms with Gasteiger partial charge in [-0.05, 0) is 6.42 Å². The van der Waals surface area contributed by atoms with Gasteiger partial charge in [-0.25, -0.2) is 13.8 Å². The van der Waals surface area contributed by atoms with E-state index in [0.29, 0.717) is 27.8 Å². The average Bonchev–Trinajstić information content (AvgIpc) is 3.12. The monoisotopic (exact) mass is 446 g/mol. The van der Waals surface area contributed by atoms with Crippen molar-refractivity contribution in [2.45, 2.75) is 25.4 Å². The Morgan fingerprint density at radius 3 is 2.94 bits per heavy atom. The quantitative estimate of drug-likeness (QED) is 0.435. The second-order valence-corrected chi connectivity index (χ2v) is 8.05. The van der Waals surface area contributed by atoms with Crippen molar-refractivity contribution >= 4 is 39.9 Å². The topological polar surface area (TPSA) is 108 Å². The van der Waals surface area contributed by atoms with E-state index in [9.17, 15) is 14.3 Å². The third kappa shape index (κ3) is 3.22. The molecule has 1 amide bonds. The number of aromatic nitrogens is 5. The number of imidazole rings is 1. The van der Waals surface area contributed by atoms with Crippen LogP contribution in [0.2, 0.25) is 5.02 Å². The summed E-state index contributed by atoms with van der Waals surface area (Å²) in [6, 6.07) is 0. The number of alkyl halides is 1. The normalized spacial score (nSPS) is 19.1. The van der Waals surface area contributed by atoms with Crippen molar-refractivity contribution in [3.63, 3.8) is 0 Å². The van der Waals surface area contributed by atoms with Crippen molar-refractivity contribution in [2.75, 3.05) is 11.9 Å². The van der Waals surface area contributed by atoms with Crippen molar-refractivity contribution in [3.8, 4) is 11.3 Å². The van der Waals surface area contributed by atoms with Crippen LogP contribution in [0.1, 0.15) is 24.8 Å². The van der Waals surface area contributed by atoms with E-state index in [2.05, 4.69) is 25.5 Å². The van der Waals surface area contributed by atoms with E-state index in [-0.39, 0.29) is 29.4 Å². The van der Waals surface area contributed by atoms with Gasteiger partial charge in [-0.2, -0.15) is 5.10 Å². The molecule has 0 saturated heterocycles. The molecule has 3 heterocycles. The van der Waals surface area contributed by atoms with Gasteiger partial charge in [0, 0.05) is 35.2 Å². The van der Waals surface area contributed by atoms with Gasteiger partial charge in [0.25, 0.3) is 0 Å². The van der Waals surface area contributed by atoms with Crippen LogP contribution in [0, 0.1) is 11.7 Å². The number of aliphatic hydroxyl groups is 1. The molecular formula is C20H17ClF2N6O2. The molecule has 1 aliphatic rings. The van der Waals surface area contributed by atoms with Gasteiger partial charge in [-0.1, -0.05) is 18.5 Å². The number of carbonyl (C=O) groups excluding carboxylic acids is 1. The van der Waals surface area contributed by atoms with Crippen LogP contribution < -0.4 is 5.32 Å². The zero-order valence-electron chi connectivity index (χ0n) is 16.2. The van der Waals surface area contributed by atoms with Gasteiger partial charge in [0.1, 0.15) is 12.0 Å². The van der Waals surface area contributed by atoms with Crippen LogP contribution in [-0.4, -0.2) is 48.4 Å². The number of aliphatic hydroxyl groups excluding tert-OH is 1. The lowest BCUT2D eigenvalue weighted by Gasteiger charge is -2.15. The summed E-state index contributed by atoms with van der Waals surface area (Å²) in [4.78, 5) is 20.6. The lowest BCUT2D eigenvalue weighted by molar-refractivity contribution is -0.117. The van der Waals surface area contributed by atoms with Crippen molar-refractivity contribution in [1.82, 2.24) is 24.6 Å². The highest BCUT2D eigenvalue weighted by atomic mass is 35.5. The molecule has 1 saturated carbocycles. The Balaban J connectivity index is 1.58. The Labute approximate surface area is 179 Å². The number of nitrogens with one attached hydrogen (secondary N) is 2. The highest BCUT2D eigenvalue weighted by molar-refractivity contribution is 6.35. The number of rotatable bonds is 5. The largest absolute Gasteiger partial charge is 0.396 e. The van der Waals surface area contributed by atoms with E-state index >= 15 is 4.39 Å². The lowest BCUT2D eigenvalue weighted by Crippen LogP contribution is -2.15. The zero-order chi connectivity index (χ0) is 21.9. The molecule has 0 bridgehead atoms. The molecule has 0 aliphatic heterocycles. The second kappa shape index (κ2) is 7.24. The molecule has 3 N–H and O–H groups in total. The maximum absolute atomic E-state index is 15.2. The Morgan fingerprint density at radius 1 is 1.45 bits per heavy atom. The fourth-order valence-corrected chi connectivity index (χ4v) is 3.98. The summed E-state index contributed by atoms with van der Waals surface area (Å²) in [6.07, 6.45) is 5.28. The SMILES string of the molecule is CC(CO)c1c(F)c(Cl)c(-c2cn3cc(NC(=O)C4CC4F)nc3cn2)c2cn[nH]c12. The van der Waals surface area contributed by atoms with E-state index in [4.69, 9.17) is 11.6 Å². The third-order valence-corrected chi connectivity index (χ3v) is 5.85. The van der Waals surface area contributed by atoms with Crippen LogP contribution in [-0.2, 0) is 4.79 Å². The number of benzene rings is 1. The number of anilines is 1. The van der Waals surface area contributed by atoms with Crippen molar-refractivity contribution in [2.24, 2.45) is 5.92 Å². The van der Waals surface area contributed by atoms with Gasteiger partial charge in [0.15, 0.2) is 11.5 Å². The van der Waals surface area contributed by atoms with Gasteiger partial charge < -0.3 is 14.8 Å². The maximum Gasteiger partial charge on any atom is 0.231 e. The summed E-state index contributed by atoms with van der Waals surface area (Å²) in [5.41, 5.74) is 1.84. The van der Waals surface area contributed by atoms with E-state index in [1.54, 1.807) is 23.7 Å². The number of carbonyl (C=O) groups is 1. The number of hydrogen-bond acceptors (Lipinski definition) is 5. The first-order chi connectivity index (χ1) is 14.9. The van der Waals surface area contributed by atoms with Crippen LogP contribution in [0.15, 0.2) is 24.8 Å². The maximum atomic E-state index is 15.2. The first-order valence-corrected chi connectivity index (χ1v) is 10.0. The molecule has 5 rings (SSSR count). The average molecular weight is 447 g/mol. The molecule has 8 nitrogen and oxygen atoms in total. The molecule has 3 atom stereocenters. The number of amides is 1. The summed E-state index contributed by atoms with van der Waals surface area (Å²) in [7, 11) is 0. The molecule has 0 spiro atoms. The van der Waals surface area contributed by atoms with Gasteiger partial charge in [-0.3, -0.25) is 14.9 Å². The summed E-state index contributed by atoms with van der Waals surface area (Å²) in [5.74, 6) is -1.92. The predicted octanol–water partition coefficient (Wildman–Crippen LogP) is 3.46. The minimum Gasteiger partial charge on any atom is -0.396 e. The standard InChI is InChI=1S/C20H17ClF2N6O2/c1-8(7-30)15-18(23)17(21)16(10-3-25-28-19(10)15)12-5-29-6-13(26-14(29)4-24-12)27-20(31)9-2-11(9)22/h3-6,8-9,11,30H,2,7H2,1H3,(H,25,28)(H,27,31). The highest BCUT2D eigenvalue weighted by Gasteiger charge is 2.43. The van der Waals surface area contributed by atoms with Gasteiger partial charge in [0.05, 0.1) is 40.7 Å². The molecule has 1 aromatic carbocycles. The Morgan fingerprint density at radius 2 is 2.23 bits per heavy atom. The minimum absolute atomic E-state index is 0.132. The number of halogens is 3. The fourth-order valence-electron chi connectivity index (χ4n) is 3.68. The number of fused-ring (bicyclic) bond motifs is 2. The molecule has 31 heavy (non-hydrogen) atoms. The first-order valence-electron chi connectivity index (χ1n) is 9.63. The molecule has 3 aromatic heterocycles. The van der Waals surface area contributed by atoms with Crippen molar-refractivity contribution in [1.29, 1.82) is 0 Å². The van der Waals surface area contributed by atoms with Gasteiger partial charge in [-0.15, -0.1) is 0 Å². The first kappa shape index (κ1) is 19.8. The molecule has 4 aromatic rings. The smallest absolute Gasteiger partial charge is 0.231 e. The van der Waals surface area contributed by atoms with Crippen LogP contribution in [0.25, 0.3) is 27.8 Å². The number of hydrogen-bond donors (Lipinski definition) is 3. The van der Waals surface area contributed by atoms with E-state index in [1.165, 1.54) is 12.4 Å². The minimum atomic E-state index is -1.10. The molecule has 160 valence electrons.